The van der Waals surface area contributed by atoms with E-state index in [1.54, 1.807) is 12.1 Å². The van der Waals surface area contributed by atoms with E-state index in [1.165, 1.54) is 11.8 Å². The fourth-order valence-corrected chi connectivity index (χ4v) is 1.61. The van der Waals surface area contributed by atoms with Gasteiger partial charge in [-0.25, -0.2) is 4.98 Å². The molecule has 0 aliphatic heterocycles. The predicted molar refractivity (Wildman–Crippen MR) is 72.6 cm³/mol. The molecule has 2 aromatic rings. The topological polar surface area (TPSA) is 80.7 Å². The highest BCUT2D eigenvalue weighted by Gasteiger charge is 2.03. The Hall–Kier alpha value is -2.56. The monoisotopic (exact) mass is 257 g/mol. The molecule has 1 heterocycles. The Balaban J connectivity index is 2.15. The molecule has 98 valence electrons. The standard InChI is InChI=1S/C14H15N3O2/c1-2-10-4-3-5-11(8-10)19-12-6-7-13(16-9-12)14(15)17-18/h3-9,18H,2H2,1H3,(H2,15,17). The number of benzene rings is 1. The molecule has 19 heavy (non-hydrogen) atoms. The molecule has 0 atom stereocenters. The summed E-state index contributed by atoms with van der Waals surface area (Å²) >= 11 is 0. The number of oxime groups is 1. The molecule has 0 aliphatic carbocycles. The molecule has 2 rings (SSSR count). The number of aromatic nitrogens is 1. The quantitative estimate of drug-likeness (QED) is 0.381. The fourth-order valence-electron chi connectivity index (χ4n) is 1.61. The number of pyridine rings is 1. The maximum absolute atomic E-state index is 8.54. The van der Waals surface area contributed by atoms with Crippen molar-refractivity contribution >= 4 is 5.84 Å². The molecule has 0 unspecified atom stereocenters. The van der Waals surface area contributed by atoms with Gasteiger partial charge in [0.25, 0.3) is 0 Å². The van der Waals surface area contributed by atoms with Gasteiger partial charge < -0.3 is 15.7 Å². The summed E-state index contributed by atoms with van der Waals surface area (Å²) in [5.41, 5.74) is 7.04. The van der Waals surface area contributed by atoms with E-state index >= 15 is 0 Å². The van der Waals surface area contributed by atoms with Crippen LogP contribution in [0.5, 0.6) is 11.5 Å². The second kappa shape index (κ2) is 5.86. The molecule has 0 radical (unpaired) electrons. The summed E-state index contributed by atoms with van der Waals surface area (Å²) in [6.07, 6.45) is 2.49. The first-order chi connectivity index (χ1) is 9.22. The average Bonchev–Trinajstić information content (AvgIpc) is 2.47. The zero-order chi connectivity index (χ0) is 13.7. The van der Waals surface area contributed by atoms with E-state index in [-0.39, 0.29) is 5.84 Å². The minimum atomic E-state index is -0.0282. The smallest absolute Gasteiger partial charge is 0.188 e. The van der Waals surface area contributed by atoms with Gasteiger partial charge in [0.15, 0.2) is 5.84 Å². The number of aryl methyl sites for hydroxylation is 1. The normalized spacial score (nSPS) is 11.3. The summed E-state index contributed by atoms with van der Waals surface area (Å²) in [6, 6.07) is 11.2. The predicted octanol–water partition coefficient (Wildman–Crippen LogP) is 2.53. The average molecular weight is 257 g/mol. The second-order valence-corrected chi connectivity index (χ2v) is 3.97. The molecule has 3 N–H and O–H groups in total. The number of nitrogens with zero attached hydrogens (tertiary/aromatic N) is 2. The summed E-state index contributed by atoms with van der Waals surface area (Å²) in [4.78, 5) is 4.05. The maximum Gasteiger partial charge on any atom is 0.188 e. The van der Waals surface area contributed by atoms with Gasteiger partial charge in [0.2, 0.25) is 0 Å². The van der Waals surface area contributed by atoms with Crippen molar-refractivity contribution < 1.29 is 9.94 Å². The third kappa shape index (κ3) is 3.22. The van der Waals surface area contributed by atoms with Crippen molar-refractivity contribution in [2.45, 2.75) is 13.3 Å². The Morgan fingerprint density at radius 3 is 2.79 bits per heavy atom. The van der Waals surface area contributed by atoms with Crippen LogP contribution in [0.2, 0.25) is 0 Å². The summed E-state index contributed by atoms with van der Waals surface area (Å²) < 4.78 is 5.68. The van der Waals surface area contributed by atoms with Crippen LogP contribution in [0.1, 0.15) is 18.2 Å². The highest BCUT2D eigenvalue weighted by molar-refractivity contribution is 5.95. The molecular formula is C14H15N3O2. The molecule has 0 bridgehead atoms. The van der Waals surface area contributed by atoms with Gasteiger partial charge in [-0.05, 0) is 36.2 Å². The molecule has 0 amide bonds. The van der Waals surface area contributed by atoms with E-state index in [0.717, 1.165) is 12.2 Å². The largest absolute Gasteiger partial charge is 0.456 e. The van der Waals surface area contributed by atoms with Crippen LogP contribution >= 0.6 is 0 Å². The second-order valence-electron chi connectivity index (χ2n) is 3.97. The zero-order valence-electron chi connectivity index (χ0n) is 10.6. The highest BCUT2D eigenvalue weighted by atomic mass is 16.5. The van der Waals surface area contributed by atoms with Crippen molar-refractivity contribution in [3.63, 3.8) is 0 Å². The highest BCUT2D eigenvalue weighted by Crippen LogP contribution is 2.21. The van der Waals surface area contributed by atoms with Gasteiger partial charge in [-0.2, -0.15) is 0 Å². The van der Waals surface area contributed by atoms with Crippen LogP contribution in [0.25, 0.3) is 0 Å². The van der Waals surface area contributed by atoms with Gasteiger partial charge in [0.05, 0.1) is 6.20 Å². The van der Waals surface area contributed by atoms with Crippen LogP contribution in [0.15, 0.2) is 47.8 Å². The lowest BCUT2D eigenvalue weighted by Crippen LogP contribution is -2.14. The minimum absolute atomic E-state index is 0.0282. The molecule has 1 aromatic carbocycles. The Morgan fingerprint density at radius 1 is 1.32 bits per heavy atom. The third-order valence-corrected chi connectivity index (χ3v) is 2.65. The molecule has 0 spiro atoms. The number of nitrogens with two attached hydrogens (primary N) is 1. The van der Waals surface area contributed by atoms with Crippen molar-refractivity contribution in [3.05, 3.63) is 53.9 Å². The SMILES string of the molecule is CCc1cccc(Oc2ccc(/C(N)=N/O)nc2)c1. The van der Waals surface area contributed by atoms with E-state index in [9.17, 15) is 0 Å². The molecule has 1 aromatic heterocycles. The Bertz CT molecular complexity index is 579. The summed E-state index contributed by atoms with van der Waals surface area (Å²) in [7, 11) is 0. The summed E-state index contributed by atoms with van der Waals surface area (Å²) in [5.74, 6) is 1.33. The van der Waals surface area contributed by atoms with E-state index < -0.39 is 0 Å². The van der Waals surface area contributed by atoms with Crippen LogP contribution in [0.3, 0.4) is 0 Å². The molecule has 5 nitrogen and oxygen atoms in total. The van der Waals surface area contributed by atoms with E-state index in [1.807, 2.05) is 24.3 Å². The van der Waals surface area contributed by atoms with Crippen molar-refractivity contribution in [1.82, 2.24) is 4.98 Å². The summed E-state index contributed by atoms with van der Waals surface area (Å²) in [5, 5.41) is 11.4. The van der Waals surface area contributed by atoms with E-state index in [4.69, 9.17) is 15.7 Å². The fraction of sp³-hybridized carbons (Fsp3) is 0.143. The van der Waals surface area contributed by atoms with Gasteiger partial charge in [0, 0.05) is 0 Å². The van der Waals surface area contributed by atoms with Gasteiger partial charge in [0.1, 0.15) is 17.2 Å². The number of amidine groups is 1. The third-order valence-electron chi connectivity index (χ3n) is 2.65. The van der Waals surface area contributed by atoms with Crippen molar-refractivity contribution in [2.75, 3.05) is 0 Å². The van der Waals surface area contributed by atoms with Crippen molar-refractivity contribution in [2.24, 2.45) is 10.9 Å². The summed E-state index contributed by atoms with van der Waals surface area (Å²) in [6.45, 7) is 2.09. The van der Waals surface area contributed by atoms with Crippen LogP contribution in [-0.2, 0) is 6.42 Å². The van der Waals surface area contributed by atoms with Crippen molar-refractivity contribution in [3.8, 4) is 11.5 Å². The molecule has 0 fully saturated rings. The van der Waals surface area contributed by atoms with Crippen LogP contribution < -0.4 is 10.5 Å². The maximum atomic E-state index is 8.54. The minimum Gasteiger partial charge on any atom is -0.456 e. The molecule has 0 saturated heterocycles. The van der Waals surface area contributed by atoms with Crippen LogP contribution in [0, 0.1) is 0 Å². The number of hydrogen-bond acceptors (Lipinski definition) is 4. The Kier molecular flexibility index (Phi) is 3.97. The Labute approximate surface area is 111 Å². The van der Waals surface area contributed by atoms with Crippen LogP contribution in [-0.4, -0.2) is 16.0 Å². The molecule has 5 heteroatoms. The van der Waals surface area contributed by atoms with E-state index in [2.05, 4.69) is 17.1 Å². The number of hydrogen-bond donors (Lipinski definition) is 2. The number of rotatable bonds is 4. The lowest BCUT2D eigenvalue weighted by atomic mass is 10.2. The first-order valence-electron chi connectivity index (χ1n) is 5.93. The Morgan fingerprint density at radius 2 is 2.16 bits per heavy atom. The first-order valence-corrected chi connectivity index (χ1v) is 5.93. The number of ether oxygens (including phenoxy) is 1. The first kappa shape index (κ1) is 12.9. The van der Waals surface area contributed by atoms with Gasteiger partial charge in [-0.15, -0.1) is 0 Å². The molecular weight excluding hydrogens is 242 g/mol. The molecule has 0 saturated carbocycles. The zero-order valence-corrected chi connectivity index (χ0v) is 10.6. The molecule has 0 aliphatic rings. The van der Waals surface area contributed by atoms with Crippen molar-refractivity contribution in [1.29, 1.82) is 0 Å². The van der Waals surface area contributed by atoms with Gasteiger partial charge >= 0.3 is 0 Å². The lowest BCUT2D eigenvalue weighted by Gasteiger charge is -2.07. The van der Waals surface area contributed by atoms with Gasteiger partial charge in [-0.3, -0.25) is 0 Å². The van der Waals surface area contributed by atoms with Crippen LogP contribution in [0.4, 0.5) is 0 Å². The van der Waals surface area contributed by atoms with E-state index in [0.29, 0.717) is 11.4 Å². The van der Waals surface area contributed by atoms with Gasteiger partial charge in [-0.1, -0.05) is 24.2 Å². The lowest BCUT2D eigenvalue weighted by molar-refractivity contribution is 0.318.